The topological polar surface area (TPSA) is 86.7 Å². The molecule has 0 bridgehead atoms. The Morgan fingerprint density at radius 1 is 1.25 bits per heavy atom. The van der Waals surface area contributed by atoms with Gasteiger partial charge in [0, 0.05) is 5.92 Å². The molecule has 130 valence electrons. The number of carboxylic acid groups (broad SMARTS) is 1. The molecule has 1 aromatic rings. The van der Waals surface area contributed by atoms with Gasteiger partial charge in [-0.2, -0.15) is 0 Å². The molecule has 0 radical (unpaired) electrons. The number of amides is 1. The summed E-state index contributed by atoms with van der Waals surface area (Å²) >= 11 is 0. The Kier molecular flexibility index (Phi) is 5.95. The van der Waals surface area contributed by atoms with E-state index < -0.39 is 23.7 Å². The number of hydrogen-bond acceptors (Lipinski definition) is 4. The van der Waals surface area contributed by atoms with Gasteiger partial charge >= 0.3 is 5.97 Å². The first-order valence-electron chi connectivity index (χ1n) is 8.35. The van der Waals surface area contributed by atoms with Crippen molar-refractivity contribution >= 4 is 29.0 Å². The fourth-order valence-electron chi connectivity index (χ4n) is 3.14. The first-order valence-corrected chi connectivity index (χ1v) is 8.35. The average Bonchev–Trinajstić information content (AvgIpc) is 2.97. The van der Waals surface area contributed by atoms with Crippen molar-refractivity contribution in [2.75, 3.05) is 16.9 Å². The van der Waals surface area contributed by atoms with Crippen LogP contribution in [0.3, 0.4) is 0 Å². The van der Waals surface area contributed by atoms with Gasteiger partial charge in [0.05, 0.1) is 18.0 Å². The summed E-state index contributed by atoms with van der Waals surface area (Å²) in [5, 5.41) is 12.7. The molecule has 1 aromatic carbocycles. The van der Waals surface area contributed by atoms with E-state index in [0.717, 1.165) is 24.9 Å². The van der Waals surface area contributed by atoms with Crippen LogP contribution in [-0.2, 0) is 14.4 Å². The fourth-order valence-corrected chi connectivity index (χ4v) is 3.14. The number of carbonyl (C=O) groups is 3. The van der Waals surface area contributed by atoms with Crippen LogP contribution in [0.4, 0.5) is 11.4 Å². The number of unbranched alkanes of at least 4 members (excludes halogenated alkanes) is 2. The predicted octanol–water partition coefficient (Wildman–Crippen LogP) is 2.89. The molecule has 6 heteroatoms. The van der Waals surface area contributed by atoms with Gasteiger partial charge < -0.3 is 10.4 Å². The van der Waals surface area contributed by atoms with Crippen LogP contribution < -0.4 is 10.2 Å². The molecule has 2 atom stereocenters. The second-order valence-corrected chi connectivity index (χ2v) is 6.15. The van der Waals surface area contributed by atoms with E-state index in [1.807, 2.05) is 19.1 Å². The number of anilines is 2. The molecule has 2 unspecified atom stereocenters. The first-order chi connectivity index (χ1) is 11.5. The van der Waals surface area contributed by atoms with Gasteiger partial charge in [-0.15, -0.1) is 0 Å². The van der Waals surface area contributed by atoms with E-state index in [-0.39, 0.29) is 12.5 Å². The maximum absolute atomic E-state index is 12.9. The third-order valence-electron chi connectivity index (χ3n) is 4.46. The number of ketones is 1. The molecule has 1 aliphatic rings. The number of rotatable bonds is 8. The fraction of sp³-hybridized carbons (Fsp3) is 0.500. The molecule has 0 aliphatic carbocycles. The lowest BCUT2D eigenvalue weighted by Crippen LogP contribution is -2.44. The summed E-state index contributed by atoms with van der Waals surface area (Å²) in [5.74, 6) is -4.13. The van der Waals surface area contributed by atoms with Crippen LogP contribution in [0.2, 0.25) is 0 Å². The van der Waals surface area contributed by atoms with Crippen LogP contribution >= 0.6 is 0 Å². The number of benzene rings is 1. The maximum atomic E-state index is 12.9. The molecule has 0 fully saturated rings. The lowest BCUT2D eigenvalue weighted by molar-refractivity contribution is -0.151. The Hall–Kier alpha value is -2.37. The van der Waals surface area contributed by atoms with Crippen LogP contribution in [0.5, 0.6) is 0 Å². The van der Waals surface area contributed by atoms with Gasteiger partial charge in [-0.3, -0.25) is 19.3 Å². The zero-order valence-corrected chi connectivity index (χ0v) is 14.1. The molecule has 0 aromatic heterocycles. The number of carboxylic acids is 1. The van der Waals surface area contributed by atoms with Crippen molar-refractivity contribution in [2.45, 2.75) is 39.5 Å². The van der Waals surface area contributed by atoms with Crippen molar-refractivity contribution in [1.82, 2.24) is 0 Å². The van der Waals surface area contributed by atoms with Crippen LogP contribution in [0.25, 0.3) is 0 Å². The smallest absolute Gasteiger partial charge is 0.316 e. The lowest BCUT2D eigenvalue weighted by Gasteiger charge is -2.25. The predicted molar refractivity (Wildman–Crippen MR) is 91.9 cm³/mol. The standard InChI is InChI=1S/C18H24N2O4/c1-3-4-5-8-13(12(2)21)16(18(23)24)17(22)20-11-19-14-9-6-7-10-15(14)20/h6-7,9-10,13,16,19H,3-5,8,11H2,1-2H3,(H,23,24). The maximum Gasteiger partial charge on any atom is 0.316 e. The molecule has 1 amide bonds. The highest BCUT2D eigenvalue weighted by Crippen LogP contribution is 2.33. The molecular weight excluding hydrogens is 308 g/mol. The third-order valence-corrected chi connectivity index (χ3v) is 4.46. The van der Waals surface area contributed by atoms with E-state index in [4.69, 9.17) is 0 Å². The number of nitrogens with one attached hydrogen (secondary N) is 1. The summed E-state index contributed by atoms with van der Waals surface area (Å²) in [6.07, 6.45) is 3.06. The normalized spacial score (nSPS) is 15.3. The molecule has 6 nitrogen and oxygen atoms in total. The number of para-hydroxylation sites is 2. The molecule has 0 saturated carbocycles. The lowest BCUT2D eigenvalue weighted by atomic mass is 9.83. The minimum Gasteiger partial charge on any atom is -0.481 e. The highest BCUT2D eigenvalue weighted by Gasteiger charge is 2.41. The van der Waals surface area contributed by atoms with Crippen molar-refractivity contribution in [3.05, 3.63) is 24.3 Å². The van der Waals surface area contributed by atoms with E-state index in [1.54, 1.807) is 12.1 Å². The van der Waals surface area contributed by atoms with Crippen LogP contribution in [0, 0.1) is 11.8 Å². The van der Waals surface area contributed by atoms with Gasteiger partial charge in [-0.05, 0) is 25.5 Å². The number of Topliss-reactive ketones (excluding diaryl/α,β-unsaturated/α-hetero) is 1. The Morgan fingerprint density at radius 3 is 2.58 bits per heavy atom. The minimum absolute atomic E-state index is 0.224. The summed E-state index contributed by atoms with van der Waals surface area (Å²) in [7, 11) is 0. The van der Waals surface area contributed by atoms with E-state index in [9.17, 15) is 19.5 Å². The van der Waals surface area contributed by atoms with E-state index in [2.05, 4.69) is 5.32 Å². The van der Waals surface area contributed by atoms with Gasteiger partial charge in [0.25, 0.3) is 0 Å². The Balaban J connectivity index is 2.24. The molecule has 2 rings (SSSR count). The number of aliphatic carboxylic acids is 1. The van der Waals surface area contributed by atoms with Crippen molar-refractivity contribution in [2.24, 2.45) is 11.8 Å². The van der Waals surface area contributed by atoms with Crippen LogP contribution in [0.15, 0.2) is 24.3 Å². The van der Waals surface area contributed by atoms with Gasteiger partial charge in [-0.25, -0.2) is 0 Å². The van der Waals surface area contributed by atoms with Crippen LogP contribution in [0.1, 0.15) is 39.5 Å². The summed E-state index contributed by atoms with van der Waals surface area (Å²) in [6.45, 7) is 3.63. The Bertz CT molecular complexity index is 629. The average molecular weight is 332 g/mol. The van der Waals surface area contributed by atoms with Crippen molar-refractivity contribution in [1.29, 1.82) is 0 Å². The Labute approximate surface area is 141 Å². The zero-order valence-electron chi connectivity index (χ0n) is 14.1. The number of fused-ring (bicyclic) bond motifs is 1. The second-order valence-electron chi connectivity index (χ2n) is 6.15. The van der Waals surface area contributed by atoms with Gasteiger partial charge in [0.15, 0.2) is 0 Å². The van der Waals surface area contributed by atoms with Gasteiger partial charge in [-0.1, -0.05) is 38.3 Å². The second kappa shape index (κ2) is 7.95. The highest BCUT2D eigenvalue weighted by atomic mass is 16.4. The van der Waals surface area contributed by atoms with E-state index >= 15 is 0 Å². The molecule has 0 saturated heterocycles. The third kappa shape index (κ3) is 3.75. The summed E-state index contributed by atoms with van der Waals surface area (Å²) in [4.78, 5) is 38.1. The number of hydrogen-bond donors (Lipinski definition) is 2. The van der Waals surface area contributed by atoms with E-state index in [1.165, 1.54) is 11.8 Å². The molecule has 1 heterocycles. The van der Waals surface area contributed by atoms with E-state index in [0.29, 0.717) is 12.1 Å². The summed E-state index contributed by atoms with van der Waals surface area (Å²) < 4.78 is 0. The van der Waals surface area contributed by atoms with Crippen molar-refractivity contribution in [3.8, 4) is 0 Å². The van der Waals surface area contributed by atoms with Crippen molar-refractivity contribution in [3.63, 3.8) is 0 Å². The van der Waals surface area contributed by atoms with Gasteiger partial charge in [0.2, 0.25) is 5.91 Å². The minimum atomic E-state index is -1.34. The molecule has 24 heavy (non-hydrogen) atoms. The molecule has 2 N–H and O–H groups in total. The molecular formula is C18H24N2O4. The molecule has 1 aliphatic heterocycles. The summed E-state index contributed by atoms with van der Waals surface area (Å²) in [5.41, 5.74) is 1.45. The molecule has 0 spiro atoms. The van der Waals surface area contributed by atoms with Gasteiger partial charge in [0.1, 0.15) is 11.7 Å². The number of nitrogens with zero attached hydrogens (tertiary/aromatic N) is 1. The number of carbonyl (C=O) groups excluding carboxylic acids is 2. The highest BCUT2D eigenvalue weighted by molar-refractivity contribution is 6.10. The largest absolute Gasteiger partial charge is 0.481 e. The first kappa shape index (κ1) is 18.0. The van der Waals surface area contributed by atoms with Crippen molar-refractivity contribution < 1.29 is 19.5 Å². The zero-order chi connectivity index (χ0) is 17.7. The quantitative estimate of drug-likeness (QED) is 0.564. The Morgan fingerprint density at radius 2 is 1.96 bits per heavy atom. The summed E-state index contributed by atoms with van der Waals surface area (Å²) in [6, 6.07) is 7.25. The monoisotopic (exact) mass is 332 g/mol. The van der Waals surface area contributed by atoms with Crippen LogP contribution in [-0.4, -0.2) is 29.4 Å². The SMILES string of the molecule is CCCCCC(C(C)=O)C(C(=O)O)C(=O)N1CNc2ccccc21.